The SMILES string of the molecule is CC(C)(C)Cc1cnccc1F. The van der Waals surface area contributed by atoms with Crippen molar-refractivity contribution in [2.45, 2.75) is 27.2 Å². The lowest BCUT2D eigenvalue weighted by molar-refractivity contribution is 0.401. The Bertz CT molecular complexity index is 263. The maximum atomic E-state index is 13.1. The van der Waals surface area contributed by atoms with E-state index in [0.29, 0.717) is 5.56 Å². The van der Waals surface area contributed by atoms with Gasteiger partial charge in [0.1, 0.15) is 5.82 Å². The van der Waals surface area contributed by atoms with Crippen molar-refractivity contribution < 1.29 is 4.39 Å². The van der Waals surface area contributed by atoms with Crippen LogP contribution < -0.4 is 0 Å². The summed E-state index contributed by atoms with van der Waals surface area (Å²) in [6, 6.07) is 1.40. The van der Waals surface area contributed by atoms with Crippen LogP contribution in [0.5, 0.6) is 0 Å². The van der Waals surface area contributed by atoms with Gasteiger partial charge < -0.3 is 0 Å². The minimum atomic E-state index is -0.153. The van der Waals surface area contributed by atoms with Crippen molar-refractivity contribution in [3.63, 3.8) is 0 Å². The van der Waals surface area contributed by atoms with Gasteiger partial charge in [-0.15, -0.1) is 0 Å². The van der Waals surface area contributed by atoms with Crippen molar-refractivity contribution in [1.82, 2.24) is 4.98 Å². The Hall–Kier alpha value is -0.920. The van der Waals surface area contributed by atoms with Gasteiger partial charge >= 0.3 is 0 Å². The predicted molar refractivity (Wildman–Crippen MR) is 47.4 cm³/mol. The Morgan fingerprint density at radius 3 is 2.58 bits per heavy atom. The zero-order chi connectivity index (χ0) is 9.19. The second-order valence-corrected chi connectivity index (χ2v) is 4.20. The summed E-state index contributed by atoms with van der Waals surface area (Å²) in [6.45, 7) is 6.25. The molecule has 1 aromatic rings. The van der Waals surface area contributed by atoms with Gasteiger partial charge in [0, 0.05) is 18.0 Å². The van der Waals surface area contributed by atoms with Crippen LogP contribution in [0.4, 0.5) is 4.39 Å². The first-order chi connectivity index (χ1) is 5.49. The fourth-order valence-corrected chi connectivity index (χ4v) is 1.11. The van der Waals surface area contributed by atoms with E-state index in [2.05, 4.69) is 25.8 Å². The predicted octanol–water partition coefficient (Wildman–Crippen LogP) is 2.81. The minimum Gasteiger partial charge on any atom is -0.264 e. The molecule has 0 aliphatic heterocycles. The van der Waals surface area contributed by atoms with Gasteiger partial charge in [-0.1, -0.05) is 20.8 Å². The molecular formula is C10H14FN. The molecule has 0 amide bonds. The average Bonchev–Trinajstić information content (AvgIpc) is 1.91. The molecule has 0 unspecified atom stereocenters. The van der Waals surface area contributed by atoms with Gasteiger partial charge in [0.05, 0.1) is 0 Å². The second-order valence-electron chi connectivity index (χ2n) is 4.20. The molecule has 0 bridgehead atoms. The first kappa shape index (κ1) is 9.17. The maximum absolute atomic E-state index is 13.1. The number of aromatic nitrogens is 1. The Balaban J connectivity index is 2.83. The van der Waals surface area contributed by atoms with Crippen LogP contribution in [0.25, 0.3) is 0 Å². The summed E-state index contributed by atoms with van der Waals surface area (Å²) in [7, 11) is 0. The third-order valence-corrected chi connectivity index (χ3v) is 1.56. The van der Waals surface area contributed by atoms with Crippen LogP contribution in [0.15, 0.2) is 18.5 Å². The fraction of sp³-hybridized carbons (Fsp3) is 0.500. The van der Waals surface area contributed by atoms with E-state index in [4.69, 9.17) is 0 Å². The summed E-state index contributed by atoms with van der Waals surface area (Å²) < 4.78 is 13.1. The van der Waals surface area contributed by atoms with Gasteiger partial charge in [0.2, 0.25) is 0 Å². The van der Waals surface area contributed by atoms with E-state index >= 15 is 0 Å². The number of hydrogen-bond acceptors (Lipinski definition) is 1. The Kier molecular flexibility index (Phi) is 2.46. The van der Waals surface area contributed by atoms with Crippen LogP contribution in [0.2, 0.25) is 0 Å². The summed E-state index contributed by atoms with van der Waals surface area (Å²) in [5.41, 5.74) is 0.814. The van der Waals surface area contributed by atoms with Crippen LogP contribution in [-0.2, 0) is 6.42 Å². The smallest absolute Gasteiger partial charge is 0.129 e. The van der Waals surface area contributed by atoms with Crippen molar-refractivity contribution in [2.75, 3.05) is 0 Å². The van der Waals surface area contributed by atoms with E-state index in [0.717, 1.165) is 6.42 Å². The van der Waals surface area contributed by atoms with Crippen LogP contribution in [0.1, 0.15) is 26.3 Å². The van der Waals surface area contributed by atoms with Gasteiger partial charge in [-0.05, 0) is 17.9 Å². The highest BCUT2D eigenvalue weighted by molar-refractivity contribution is 5.12. The number of nitrogens with zero attached hydrogens (tertiary/aromatic N) is 1. The topological polar surface area (TPSA) is 12.9 Å². The van der Waals surface area contributed by atoms with Gasteiger partial charge in [0.25, 0.3) is 0 Å². The van der Waals surface area contributed by atoms with Crippen LogP contribution in [0.3, 0.4) is 0 Å². The van der Waals surface area contributed by atoms with Crippen LogP contribution in [-0.4, -0.2) is 4.98 Å². The lowest BCUT2D eigenvalue weighted by Gasteiger charge is -2.17. The number of pyridine rings is 1. The van der Waals surface area contributed by atoms with Crippen molar-refractivity contribution in [3.05, 3.63) is 29.8 Å². The van der Waals surface area contributed by atoms with Crippen molar-refractivity contribution in [1.29, 1.82) is 0 Å². The van der Waals surface area contributed by atoms with Crippen molar-refractivity contribution in [3.8, 4) is 0 Å². The van der Waals surface area contributed by atoms with E-state index in [9.17, 15) is 4.39 Å². The molecule has 12 heavy (non-hydrogen) atoms. The largest absolute Gasteiger partial charge is 0.264 e. The van der Waals surface area contributed by atoms with E-state index in [1.165, 1.54) is 12.3 Å². The van der Waals surface area contributed by atoms with E-state index in [-0.39, 0.29) is 11.2 Å². The lowest BCUT2D eigenvalue weighted by atomic mass is 9.89. The third-order valence-electron chi connectivity index (χ3n) is 1.56. The molecule has 0 atom stereocenters. The molecule has 2 heteroatoms. The number of hydrogen-bond donors (Lipinski definition) is 0. The quantitative estimate of drug-likeness (QED) is 0.626. The molecule has 0 saturated heterocycles. The van der Waals surface area contributed by atoms with Gasteiger partial charge in [-0.2, -0.15) is 0 Å². The van der Waals surface area contributed by atoms with Crippen LogP contribution in [0, 0.1) is 11.2 Å². The molecule has 0 radical (unpaired) electrons. The molecule has 1 nitrogen and oxygen atoms in total. The normalized spacial score (nSPS) is 11.7. The third kappa shape index (κ3) is 2.61. The highest BCUT2D eigenvalue weighted by Gasteiger charge is 2.13. The molecule has 0 aliphatic carbocycles. The molecule has 0 aromatic carbocycles. The van der Waals surface area contributed by atoms with E-state index in [1.807, 2.05) is 0 Å². The molecule has 0 aliphatic rings. The number of halogens is 1. The molecule has 1 aromatic heterocycles. The molecule has 1 rings (SSSR count). The van der Waals surface area contributed by atoms with Gasteiger partial charge in [-0.25, -0.2) is 4.39 Å². The monoisotopic (exact) mass is 167 g/mol. The molecular weight excluding hydrogens is 153 g/mol. The standard InChI is InChI=1S/C10H14FN/c1-10(2,3)6-8-7-12-5-4-9(8)11/h4-5,7H,6H2,1-3H3. The molecule has 0 spiro atoms. The highest BCUT2D eigenvalue weighted by Crippen LogP contribution is 2.21. The molecule has 0 saturated carbocycles. The Labute approximate surface area is 72.6 Å². The van der Waals surface area contributed by atoms with Crippen molar-refractivity contribution >= 4 is 0 Å². The van der Waals surface area contributed by atoms with Crippen LogP contribution >= 0.6 is 0 Å². The summed E-state index contributed by atoms with van der Waals surface area (Å²) in [4.78, 5) is 3.89. The minimum absolute atomic E-state index is 0.115. The molecule has 66 valence electrons. The maximum Gasteiger partial charge on any atom is 0.129 e. The molecule has 0 N–H and O–H groups in total. The Morgan fingerprint density at radius 2 is 2.08 bits per heavy atom. The van der Waals surface area contributed by atoms with Gasteiger partial charge in [0.15, 0.2) is 0 Å². The first-order valence-electron chi connectivity index (χ1n) is 4.07. The average molecular weight is 167 g/mol. The lowest BCUT2D eigenvalue weighted by Crippen LogP contribution is -2.10. The summed E-state index contributed by atoms with van der Waals surface area (Å²) >= 11 is 0. The van der Waals surface area contributed by atoms with E-state index in [1.54, 1.807) is 6.20 Å². The zero-order valence-electron chi connectivity index (χ0n) is 7.76. The molecule has 1 heterocycles. The Morgan fingerprint density at radius 1 is 1.42 bits per heavy atom. The first-order valence-corrected chi connectivity index (χ1v) is 4.07. The van der Waals surface area contributed by atoms with Crippen molar-refractivity contribution in [2.24, 2.45) is 5.41 Å². The van der Waals surface area contributed by atoms with Gasteiger partial charge in [-0.3, -0.25) is 4.98 Å². The fourth-order valence-electron chi connectivity index (χ4n) is 1.11. The highest BCUT2D eigenvalue weighted by atomic mass is 19.1. The summed E-state index contributed by atoms with van der Waals surface area (Å²) in [5.74, 6) is -0.153. The second kappa shape index (κ2) is 3.21. The summed E-state index contributed by atoms with van der Waals surface area (Å²) in [5, 5.41) is 0. The van der Waals surface area contributed by atoms with E-state index < -0.39 is 0 Å². The molecule has 0 fully saturated rings. The zero-order valence-corrected chi connectivity index (χ0v) is 7.76. The number of rotatable bonds is 1. The summed E-state index contributed by atoms with van der Waals surface area (Å²) in [6.07, 6.45) is 3.80.